The molecule has 0 atom stereocenters. The van der Waals surface area contributed by atoms with Crippen LogP contribution < -0.4 is 4.90 Å². The van der Waals surface area contributed by atoms with E-state index in [1.165, 1.54) is 35.1 Å². The van der Waals surface area contributed by atoms with Gasteiger partial charge in [0, 0.05) is 18.0 Å². The van der Waals surface area contributed by atoms with Gasteiger partial charge in [-0.1, -0.05) is 0 Å². The Balaban J connectivity index is 1.52. The molecular formula is C14H14N6S. The van der Waals surface area contributed by atoms with Crippen LogP contribution in [0.4, 0.5) is 5.82 Å². The first-order valence-electron chi connectivity index (χ1n) is 7.26. The fourth-order valence-corrected chi connectivity index (χ4v) is 4.56. The summed E-state index contributed by atoms with van der Waals surface area (Å²) in [5.74, 6) is 1.10. The summed E-state index contributed by atoms with van der Waals surface area (Å²) in [6, 6.07) is 0.358. The summed E-state index contributed by atoms with van der Waals surface area (Å²) in [7, 11) is 0. The minimum absolute atomic E-state index is 0.358. The van der Waals surface area contributed by atoms with Gasteiger partial charge in [-0.3, -0.25) is 0 Å². The summed E-state index contributed by atoms with van der Waals surface area (Å²) in [6.45, 7) is 1.84. The van der Waals surface area contributed by atoms with Crippen molar-refractivity contribution in [2.24, 2.45) is 0 Å². The van der Waals surface area contributed by atoms with Crippen molar-refractivity contribution in [1.29, 1.82) is 0 Å². The van der Waals surface area contributed by atoms with Crippen molar-refractivity contribution in [2.45, 2.75) is 25.3 Å². The van der Waals surface area contributed by atoms with E-state index < -0.39 is 0 Å². The van der Waals surface area contributed by atoms with Crippen LogP contribution in [0.2, 0.25) is 0 Å². The number of thiophene rings is 1. The molecule has 1 aliphatic carbocycles. The van der Waals surface area contributed by atoms with Crippen molar-refractivity contribution in [3.8, 4) is 0 Å². The van der Waals surface area contributed by atoms with Crippen LogP contribution in [0.25, 0.3) is 10.2 Å². The van der Waals surface area contributed by atoms with Gasteiger partial charge in [-0.2, -0.15) is 15.0 Å². The van der Waals surface area contributed by atoms with Gasteiger partial charge in [-0.25, -0.2) is 9.97 Å². The van der Waals surface area contributed by atoms with Gasteiger partial charge >= 0.3 is 0 Å². The van der Waals surface area contributed by atoms with E-state index in [2.05, 4.69) is 25.1 Å². The number of aromatic nitrogens is 5. The number of nitrogens with zero attached hydrogens (tertiary/aromatic N) is 6. The van der Waals surface area contributed by atoms with Gasteiger partial charge in [0.25, 0.3) is 0 Å². The zero-order chi connectivity index (χ0) is 13.8. The molecule has 6 nitrogen and oxygen atoms in total. The Morgan fingerprint density at radius 3 is 2.81 bits per heavy atom. The van der Waals surface area contributed by atoms with Gasteiger partial charge in [0.2, 0.25) is 0 Å². The summed E-state index contributed by atoms with van der Waals surface area (Å²) >= 11 is 1.84. The standard InChI is InChI=1S/C14H14N6S/c1-2-10-11(3-1)21-14-12(10)13(15-8-16-14)19-6-9(7-19)20-17-4-5-18-20/h4-5,8-9H,1-3,6-7H2. The minimum Gasteiger partial charge on any atom is -0.351 e. The van der Waals surface area contributed by atoms with Crippen LogP contribution in [0.5, 0.6) is 0 Å². The van der Waals surface area contributed by atoms with Gasteiger partial charge in [0.1, 0.15) is 23.0 Å². The highest BCUT2D eigenvalue weighted by molar-refractivity contribution is 7.19. The van der Waals surface area contributed by atoms with E-state index in [0.717, 1.165) is 23.7 Å². The van der Waals surface area contributed by atoms with Gasteiger partial charge in [0.15, 0.2) is 0 Å². The second-order valence-electron chi connectivity index (χ2n) is 5.64. The summed E-state index contributed by atoms with van der Waals surface area (Å²) in [6.07, 6.45) is 8.81. The lowest BCUT2D eigenvalue weighted by atomic mass is 10.1. The quantitative estimate of drug-likeness (QED) is 0.722. The summed E-state index contributed by atoms with van der Waals surface area (Å²) < 4.78 is 0. The molecule has 0 bridgehead atoms. The van der Waals surface area contributed by atoms with E-state index >= 15 is 0 Å². The molecule has 3 aromatic heterocycles. The lowest BCUT2D eigenvalue weighted by Crippen LogP contribution is -2.49. The molecule has 0 N–H and O–H groups in total. The predicted octanol–water partition coefficient (Wildman–Crippen LogP) is 1.83. The van der Waals surface area contributed by atoms with Crippen LogP contribution in [0.15, 0.2) is 18.7 Å². The molecule has 0 aromatic carbocycles. The van der Waals surface area contributed by atoms with Gasteiger partial charge in [-0.05, 0) is 24.8 Å². The number of rotatable bonds is 2. The molecule has 2 aliphatic rings. The molecular weight excluding hydrogens is 284 g/mol. The molecule has 7 heteroatoms. The zero-order valence-corrected chi connectivity index (χ0v) is 12.3. The third-order valence-electron chi connectivity index (χ3n) is 4.41. The van der Waals surface area contributed by atoms with Crippen LogP contribution in [0.1, 0.15) is 22.9 Å². The molecule has 1 aliphatic heterocycles. The smallest absolute Gasteiger partial charge is 0.141 e. The van der Waals surface area contributed by atoms with E-state index in [4.69, 9.17) is 0 Å². The molecule has 0 unspecified atom stereocenters. The molecule has 0 saturated carbocycles. The van der Waals surface area contributed by atoms with Crippen molar-refractivity contribution in [3.05, 3.63) is 29.2 Å². The second kappa shape index (κ2) is 4.24. The van der Waals surface area contributed by atoms with Gasteiger partial charge in [-0.15, -0.1) is 11.3 Å². The van der Waals surface area contributed by atoms with Crippen LogP contribution in [-0.4, -0.2) is 38.1 Å². The molecule has 21 heavy (non-hydrogen) atoms. The third kappa shape index (κ3) is 1.64. The first-order valence-corrected chi connectivity index (χ1v) is 8.08. The Bertz CT molecular complexity index is 802. The highest BCUT2D eigenvalue weighted by Gasteiger charge is 2.33. The van der Waals surface area contributed by atoms with Crippen LogP contribution in [0.3, 0.4) is 0 Å². The normalized spacial score (nSPS) is 18.2. The molecule has 0 radical (unpaired) electrons. The molecule has 106 valence electrons. The number of fused-ring (bicyclic) bond motifs is 3. The summed E-state index contributed by atoms with van der Waals surface area (Å²) in [4.78, 5) is 15.8. The van der Waals surface area contributed by atoms with E-state index in [-0.39, 0.29) is 0 Å². The van der Waals surface area contributed by atoms with E-state index in [1.54, 1.807) is 23.5 Å². The van der Waals surface area contributed by atoms with Crippen LogP contribution in [0, 0.1) is 0 Å². The lowest BCUT2D eigenvalue weighted by molar-refractivity contribution is 0.331. The van der Waals surface area contributed by atoms with Crippen LogP contribution in [-0.2, 0) is 12.8 Å². The van der Waals surface area contributed by atoms with Gasteiger partial charge in [0.05, 0.1) is 17.8 Å². The highest BCUT2D eigenvalue weighted by atomic mass is 32.1. The minimum atomic E-state index is 0.358. The fourth-order valence-electron chi connectivity index (χ4n) is 3.34. The third-order valence-corrected chi connectivity index (χ3v) is 5.61. The highest BCUT2D eigenvalue weighted by Crippen LogP contribution is 2.41. The Labute approximate surface area is 125 Å². The van der Waals surface area contributed by atoms with Crippen molar-refractivity contribution in [3.63, 3.8) is 0 Å². The van der Waals surface area contributed by atoms with Gasteiger partial charge < -0.3 is 4.90 Å². The van der Waals surface area contributed by atoms with Crippen molar-refractivity contribution in [2.75, 3.05) is 18.0 Å². The first kappa shape index (κ1) is 11.6. The maximum atomic E-state index is 4.57. The van der Waals surface area contributed by atoms with Crippen molar-refractivity contribution >= 4 is 27.4 Å². The second-order valence-corrected chi connectivity index (χ2v) is 6.73. The number of hydrogen-bond acceptors (Lipinski definition) is 6. The molecule has 4 heterocycles. The largest absolute Gasteiger partial charge is 0.351 e. The lowest BCUT2D eigenvalue weighted by Gasteiger charge is -2.39. The van der Waals surface area contributed by atoms with E-state index in [0.29, 0.717) is 6.04 Å². The number of aryl methyl sites for hydroxylation is 2. The molecule has 3 aromatic rings. The molecule has 0 spiro atoms. The maximum absolute atomic E-state index is 4.57. The number of anilines is 1. The average molecular weight is 298 g/mol. The Morgan fingerprint density at radius 1 is 1.10 bits per heavy atom. The zero-order valence-electron chi connectivity index (χ0n) is 11.4. The molecule has 5 rings (SSSR count). The van der Waals surface area contributed by atoms with Crippen LogP contribution >= 0.6 is 11.3 Å². The Kier molecular flexibility index (Phi) is 2.34. The summed E-state index contributed by atoms with van der Waals surface area (Å²) in [5.41, 5.74) is 1.49. The summed E-state index contributed by atoms with van der Waals surface area (Å²) in [5, 5.41) is 9.74. The van der Waals surface area contributed by atoms with Crippen molar-refractivity contribution < 1.29 is 0 Å². The topological polar surface area (TPSA) is 59.7 Å². The number of hydrogen-bond donors (Lipinski definition) is 0. The van der Waals surface area contributed by atoms with E-state index in [9.17, 15) is 0 Å². The SMILES string of the molecule is c1nc(N2CC(n3nccn3)C2)c2c3c(sc2n1)CCC3. The maximum Gasteiger partial charge on any atom is 0.141 e. The molecule has 0 amide bonds. The Morgan fingerprint density at radius 2 is 1.95 bits per heavy atom. The molecule has 1 saturated heterocycles. The van der Waals surface area contributed by atoms with E-state index in [1.807, 2.05) is 11.3 Å². The monoisotopic (exact) mass is 298 g/mol. The molecule has 1 fully saturated rings. The Hall–Kier alpha value is -2.02. The average Bonchev–Trinajstić information content (AvgIpc) is 3.12. The fraction of sp³-hybridized carbons (Fsp3) is 0.429. The first-order chi connectivity index (χ1) is 10.4. The predicted molar refractivity (Wildman–Crippen MR) is 80.7 cm³/mol. The van der Waals surface area contributed by atoms with Crippen molar-refractivity contribution in [1.82, 2.24) is 25.0 Å².